The van der Waals surface area contributed by atoms with E-state index >= 15 is 0 Å². The van der Waals surface area contributed by atoms with Crippen LogP contribution in [-0.2, 0) is 10.3 Å². The highest BCUT2D eigenvalue weighted by atomic mass is 16.6. The molecular formula is C26H26N4O4. The van der Waals surface area contributed by atoms with Crippen molar-refractivity contribution in [3.8, 4) is 17.3 Å². The van der Waals surface area contributed by atoms with Crippen LogP contribution in [0, 0.1) is 0 Å². The second-order valence-corrected chi connectivity index (χ2v) is 9.30. The number of benzene rings is 1. The van der Waals surface area contributed by atoms with Crippen molar-refractivity contribution in [1.29, 1.82) is 0 Å². The lowest BCUT2D eigenvalue weighted by molar-refractivity contribution is 0.00845. The Balaban J connectivity index is 1.59. The third kappa shape index (κ3) is 3.74. The van der Waals surface area contributed by atoms with Gasteiger partial charge < -0.3 is 14.8 Å². The van der Waals surface area contributed by atoms with Crippen LogP contribution in [0.4, 0.5) is 0 Å². The molecule has 0 unspecified atom stereocenters. The Bertz CT molecular complexity index is 1250. The molecule has 0 bridgehead atoms. The third-order valence-corrected chi connectivity index (χ3v) is 6.52. The Labute approximate surface area is 197 Å². The van der Waals surface area contributed by atoms with E-state index in [1.54, 1.807) is 36.8 Å². The molecule has 0 amide bonds. The fraction of sp³-hybridized carbons (Fsp3) is 0.346. The smallest absolute Gasteiger partial charge is 0.344 e. The number of ether oxygens (including phenoxy) is 2. The van der Waals surface area contributed by atoms with Gasteiger partial charge in [-0.15, -0.1) is 0 Å². The highest BCUT2D eigenvalue weighted by Gasteiger charge is 2.48. The van der Waals surface area contributed by atoms with E-state index in [1.165, 1.54) is 0 Å². The van der Waals surface area contributed by atoms with Crippen LogP contribution >= 0.6 is 0 Å². The van der Waals surface area contributed by atoms with Gasteiger partial charge in [0.2, 0.25) is 11.7 Å². The first-order chi connectivity index (χ1) is 16.3. The number of nitrogens with zero attached hydrogens (tertiary/aromatic N) is 3. The molecule has 1 saturated heterocycles. The Hall–Kier alpha value is -3.65. The van der Waals surface area contributed by atoms with Crippen molar-refractivity contribution in [2.24, 2.45) is 0 Å². The summed E-state index contributed by atoms with van der Waals surface area (Å²) >= 11 is 0. The summed E-state index contributed by atoms with van der Waals surface area (Å²) in [7, 11) is 0. The summed E-state index contributed by atoms with van der Waals surface area (Å²) in [5.74, 6) is -0.130. The second kappa shape index (κ2) is 8.29. The Morgan fingerprint density at radius 1 is 1.09 bits per heavy atom. The predicted octanol–water partition coefficient (Wildman–Crippen LogP) is 3.72. The first kappa shape index (κ1) is 22.2. The molecule has 5 rings (SSSR count). The van der Waals surface area contributed by atoms with E-state index in [9.17, 15) is 9.59 Å². The molecule has 3 aromatic rings. The van der Waals surface area contributed by atoms with Crippen LogP contribution in [-0.4, -0.2) is 44.9 Å². The van der Waals surface area contributed by atoms with Crippen LogP contribution in [0.15, 0.2) is 55.0 Å². The highest BCUT2D eigenvalue weighted by molar-refractivity contribution is 6.07. The summed E-state index contributed by atoms with van der Waals surface area (Å²) in [5.41, 5.74) is 0.00798. The quantitative estimate of drug-likeness (QED) is 0.456. The number of Topliss-reactive ketones (excluding diaryl/α,β-unsaturated/α-hetero) is 1. The molecule has 174 valence electrons. The molecule has 0 spiro atoms. The van der Waals surface area contributed by atoms with E-state index in [1.807, 2.05) is 32.0 Å². The van der Waals surface area contributed by atoms with E-state index in [2.05, 4.69) is 27.2 Å². The lowest BCUT2D eigenvalue weighted by Gasteiger charge is -2.39. The number of piperidine rings is 1. The van der Waals surface area contributed by atoms with Crippen molar-refractivity contribution < 1.29 is 19.1 Å². The first-order valence-corrected chi connectivity index (χ1v) is 11.4. The molecule has 0 saturated carbocycles. The lowest BCUT2D eigenvalue weighted by atomic mass is 9.82. The number of nitrogens with one attached hydrogen (secondary N) is 1. The minimum absolute atomic E-state index is 0.117. The number of ketones is 1. The summed E-state index contributed by atoms with van der Waals surface area (Å²) in [4.78, 5) is 39.9. The average Bonchev–Trinajstić information content (AvgIpc) is 3.09. The van der Waals surface area contributed by atoms with Gasteiger partial charge in [-0.1, -0.05) is 24.3 Å². The van der Waals surface area contributed by atoms with Gasteiger partial charge in [0.25, 0.3) is 0 Å². The van der Waals surface area contributed by atoms with Crippen LogP contribution in [0.25, 0.3) is 11.4 Å². The maximum Gasteiger partial charge on any atom is 0.344 e. The van der Waals surface area contributed by atoms with Crippen LogP contribution in [0.5, 0.6) is 5.88 Å². The number of carbonyl (C=O) groups is 2. The molecule has 2 aliphatic rings. The van der Waals surface area contributed by atoms with Crippen molar-refractivity contribution >= 4 is 11.8 Å². The molecule has 4 heterocycles. The number of cyclic esters (lactones) is 1. The SMILES string of the molecule is C[C@@H]1CC[C@](Oc2nccc3c2C(=O)OC3(C)C)(C(=O)c2ccccc2-c2ncccn2)CN1. The summed E-state index contributed by atoms with van der Waals surface area (Å²) in [6.07, 6.45) is 6.06. The monoisotopic (exact) mass is 458 g/mol. The van der Waals surface area contributed by atoms with Crippen molar-refractivity contribution in [1.82, 2.24) is 20.3 Å². The van der Waals surface area contributed by atoms with Crippen LogP contribution in [0.2, 0.25) is 0 Å². The molecule has 8 heteroatoms. The van der Waals surface area contributed by atoms with Gasteiger partial charge in [0.1, 0.15) is 11.2 Å². The van der Waals surface area contributed by atoms with E-state index in [0.29, 0.717) is 28.9 Å². The summed E-state index contributed by atoms with van der Waals surface area (Å²) in [5, 5.41) is 3.38. The van der Waals surface area contributed by atoms with Crippen molar-refractivity contribution in [2.45, 2.75) is 50.9 Å². The van der Waals surface area contributed by atoms with Gasteiger partial charge in [-0.2, -0.15) is 0 Å². The normalized spacial score (nSPS) is 23.1. The Kier molecular flexibility index (Phi) is 5.40. The first-order valence-electron chi connectivity index (χ1n) is 11.4. The van der Waals surface area contributed by atoms with Crippen molar-refractivity contribution in [3.63, 3.8) is 0 Å². The standard InChI is InChI=1S/C26H26N4O4/c1-16-9-11-26(15-30-16,33-23-20-19(10-14-29-23)25(2,3)34-24(20)32)21(31)17-7-4-5-8-18(17)22-27-12-6-13-28-22/h4-8,10,12-14,16,30H,9,11,15H2,1-3H3/t16-,26-/m1/s1. The van der Waals surface area contributed by atoms with Crippen LogP contribution in [0.3, 0.4) is 0 Å². The number of esters is 1. The Morgan fingerprint density at radius 3 is 2.59 bits per heavy atom. The van der Waals surface area contributed by atoms with Gasteiger partial charge in [-0.05, 0) is 45.7 Å². The van der Waals surface area contributed by atoms with Crippen LogP contribution in [0.1, 0.15) is 59.9 Å². The van der Waals surface area contributed by atoms with Gasteiger partial charge >= 0.3 is 5.97 Å². The average molecular weight is 459 g/mol. The number of hydrogen-bond donors (Lipinski definition) is 1. The Morgan fingerprint density at radius 2 is 1.85 bits per heavy atom. The number of carbonyl (C=O) groups excluding carboxylic acids is 2. The highest BCUT2D eigenvalue weighted by Crippen LogP contribution is 2.41. The lowest BCUT2D eigenvalue weighted by Crippen LogP contribution is -2.58. The molecule has 2 atom stereocenters. The molecular weight excluding hydrogens is 432 g/mol. The number of pyridine rings is 1. The minimum atomic E-state index is -1.26. The molecule has 8 nitrogen and oxygen atoms in total. The van der Waals surface area contributed by atoms with E-state index < -0.39 is 17.2 Å². The van der Waals surface area contributed by atoms with Crippen molar-refractivity contribution in [2.75, 3.05) is 6.54 Å². The van der Waals surface area contributed by atoms with Crippen molar-refractivity contribution in [3.05, 3.63) is 71.7 Å². The van der Waals surface area contributed by atoms with Crippen LogP contribution < -0.4 is 10.1 Å². The number of rotatable bonds is 5. The zero-order valence-corrected chi connectivity index (χ0v) is 19.4. The van der Waals surface area contributed by atoms with E-state index in [0.717, 1.165) is 6.42 Å². The zero-order valence-electron chi connectivity index (χ0n) is 19.4. The fourth-order valence-electron chi connectivity index (χ4n) is 4.61. The molecule has 1 fully saturated rings. The maximum atomic E-state index is 14.2. The molecule has 2 aromatic heterocycles. The number of hydrogen-bond acceptors (Lipinski definition) is 8. The van der Waals surface area contributed by atoms with Gasteiger partial charge in [0.05, 0.1) is 0 Å². The van der Waals surface area contributed by atoms with Gasteiger partial charge in [-0.25, -0.2) is 19.7 Å². The van der Waals surface area contributed by atoms with E-state index in [4.69, 9.17) is 9.47 Å². The molecule has 1 N–H and O–H groups in total. The molecule has 1 aromatic carbocycles. The van der Waals surface area contributed by atoms with E-state index in [-0.39, 0.29) is 29.8 Å². The molecule has 0 aliphatic carbocycles. The minimum Gasteiger partial charge on any atom is -0.461 e. The fourth-order valence-corrected chi connectivity index (χ4v) is 4.61. The number of aromatic nitrogens is 3. The summed E-state index contributed by atoms with van der Waals surface area (Å²) in [6, 6.07) is 11.0. The maximum absolute atomic E-state index is 14.2. The third-order valence-electron chi connectivity index (χ3n) is 6.52. The summed E-state index contributed by atoms with van der Waals surface area (Å²) < 4.78 is 12.0. The molecule has 34 heavy (non-hydrogen) atoms. The predicted molar refractivity (Wildman–Crippen MR) is 125 cm³/mol. The molecule has 0 radical (unpaired) electrons. The van der Waals surface area contributed by atoms with Gasteiger partial charge in [-0.3, -0.25) is 4.79 Å². The second-order valence-electron chi connectivity index (χ2n) is 9.30. The largest absolute Gasteiger partial charge is 0.461 e. The molecule has 2 aliphatic heterocycles. The summed E-state index contributed by atoms with van der Waals surface area (Å²) in [6.45, 7) is 5.99. The van der Waals surface area contributed by atoms with Gasteiger partial charge in [0, 0.05) is 47.9 Å². The van der Waals surface area contributed by atoms with Gasteiger partial charge in [0.15, 0.2) is 11.4 Å². The topological polar surface area (TPSA) is 103 Å². The number of fused-ring (bicyclic) bond motifs is 1. The zero-order chi connectivity index (χ0) is 23.9.